The van der Waals surface area contributed by atoms with Gasteiger partial charge in [-0.3, -0.25) is 9.59 Å². The molecule has 0 aliphatic rings. The number of hydrogen-bond donors (Lipinski definition) is 1. The summed E-state index contributed by atoms with van der Waals surface area (Å²) in [6.07, 6.45) is 0.680. The van der Waals surface area contributed by atoms with Crippen molar-refractivity contribution < 1.29 is 19.5 Å². The van der Waals surface area contributed by atoms with Gasteiger partial charge in [-0.25, -0.2) is 0 Å². The number of carbonyl (C=O) groups is 3. The highest BCUT2D eigenvalue weighted by molar-refractivity contribution is 7.16. The first kappa shape index (κ1) is 21.0. The number of carboxylic acids is 1. The maximum atomic E-state index is 12.8. The highest BCUT2D eigenvalue weighted by Crippen LogP contribution is 2.34. The fraction of sp³-hybridized carbons (Fsp3) is 0.235. The van der Waals surface area contributed by atoms with Crippen molar-refractivity contribution in [1.82, 2.24) is 5.32 Å². The molecule has 0 saturated carbocycles. The minimum atomic E-state index is -1.46. The second-order valence-corrected chi connectivity index (χ2v) is 7.17. The van der Waals surface area contributed by atoms with Gasteiger partial charge in [-0.15, -0.1) is 16.5 Å². The minimum Gasteiger partial charge on any atom is -0.548 e. The van der Waals surface area contributed by atoms with E-state index < -0.39 is 23.9 Å². The molecule has 27 heavy (non-hydrogen) atoms. The monoisotopic (exact) mass is 426 g/mol. The van der Waals surface area contributed by atoms with Crippen molar-refractivity contribution in [3.63, 3.8) is 0 Å². The van der Waals surface area contributed by atoms with Gasteiger partial charge in [-0.05, 0) is 24.6 Å². The summed E-state index contributed by atoms with van der Waals surface area (Å²) in [5, 5.41) is 20.6. The predicted molar refractivity (Wildman–Crippen MR) is 101 cm³/mol. The lowest BCUT2D eigenvalue weighted by molar-refractivity contribution is -0.304. The van der Waals surface area contributed by atoms with Crippen molar-refractivity contribution in [3.8, 4) is 0 Å². The van der Waals surface area contributed by atoms with E-state index in [0.29, 0.717) is 22.6 Å². The van der Waals surface area contributed by atoms with Crippen LogP contribution in [0.2, 0.25) is 5.02 Å². The molecule has 0 bridgehead atoms. The number of hydrogen-bond acceptors (Lipinski definition) is 7. The molecule has 0 saturated heterocycles. The molecule has 1 aromatic heterocycles. The van der Waals surface area contributed by atoms with Gasteiger partial charge >= 0.3 is 0 Å². The van der Waals surface area contributed by atoms with E-state index in [1.165, 1.54) is 11.3 Å². The van der Waals surface area contributed by atoms with E-state index in [9.17, 15) is 19.5 Å². The van der Waals surface area contributed by atoms with Crippen LogP contribution >= 0.6 is 34.5 Å². The van der Waals surface area contributed by atoms with E-state index in [4.69, 9.17) is 23.2 Å². The minimum absolute atomic E-state index is 0.287. The summed E-state index contributed by atoms with van der Waals surface area (Å²) in [5.74, 6) is -2.61. The van der Waals surface area contributed by atoms with Crippen LogP contribution in [0.3, 0.4) is 0 Å². The van der Waals surface area contributed by atoms with Gasteiger partial charge in [0.15, 0.2) is 5.78 Å². The number of halogens is 2. The number of rotatable bonds is 8. The van der Waals surface area contributed by atoms with E-state index in [2.05, 4.69) is 10.2 Å². The summed E-state index contributed by atoms with van der Waals surface area (Å²) in [4.78, 5) is 35.7. The van der Waals surface area contributed by atoms with Crippen molar-refractivity contribution in [1.29, 1.82) is 0 Å². The van der Waals surface area contributed by atoms with Crippen molar-refractivity contribution in [3.05, 3.63) is 51.4 Å². The average Bonchev–Trinajstić information content (AvgIpc) is 3.07. The summed E-state index contributed by atoms with van der Waals surface area (Å²) in [6.45, 7) is 1.24. The zero-order valence-corrected chi connectivity index (χ0v) is 16.4. The predicted octanol–water partition coefficient (Wildman–Crippen LogP) is 2.71. The number of azo groups is 1. The summed E-state index contributed by atoms with van der Waals surface area (Å²) in [7, 11) is 0. The second kappa shape index (κ2) is 9.59. The van der Waals surface area contributed by atoms with E-state index in [0.717, 1.165) is 4.88 Å². The molecule has 1 unspecified atom stereocenters. The fourth-order valence-electron chi connectivity index (χ4n) is 2.03. The van der Waals surface area contributed by atoms with Crippen molar-refractivity contribution in [2.45, 2.75) is 18.8 Å². The number of alkyl halides is 1. The molecule has 0 fully saturated rings. The van der Waals surface area contributed by atoms with Gasteiger partial charge in [0, 0.05) is 10.4 Å². The first-order valence-electron chi connectivity index (χ1n) is 7.77. The molecule has 142 valence electrons. The molecule has 0 aliphatic carbocycles. The third kappa shape index (κ3) is 5.59. The van der Waals surface area contributed by atoms with Gasteiger partial charge in [0.25, 0.3) is 5.91 Å². The normalized spacial score (nSPS) is 12.1. The molecular formula is C17H14Cl2N3O4S-. The lowest BCUT2D eigenvalue weighted by atomic mass is 10.0. The van der Waals surface area contributed by atoms with Gasteiger partial charge in [0.2, 0.25) is 5.50 Å². The van der Waals surface area contributed by atoms with Gasteiger partial charge in [-0.1, -0.05) is 42.3 Å². The number of benzene rings is 1. The molecule has 1 amide bonds. The number of thiophene rings is 1. The van der Waals surface area contributed by atoms with E-state index in [-0.39, 0.29) is 10.8 Å². The Bertz CT molecular complexity index is 898. The van der Waals surface area contributed by atoms with Crippen LogP contribution in [0.25, 0.3) is 0 Å². The molecule has 1 atom stereocenters. The van der Waals surface area contributed by atoms with Crippen LogP contribution in [-0.2, 0) is 16.0 Å². The zero-order chi connectivity index (χ0) is 20.0. The van der Waals surface area contributed by atoms with Crippen LogP contribution in [-0.4, -0.2) is 29.7 Å². The Balaban J connectivity index is 2.26. The molecule has 0 radical (unpaired) electrons. The summed E-state index contributed by atoms with van der Waals surface area (Å²) in [6, 6.07) is 8.33. The maximum Gasteiger partial charge on any atom is 0.262 e. The van der Waals surface area contributed by atoms with Crippen LogP contribution in [0.4, 0.5) is 5.00 Å². The number of carbonyl (C=O) groups excluding carboxylic acids is 3. The van der Waals surface area contributed by atoms with Crippen molar-refractivity contribution in [2.75, 3.05) is 6.54 Å². The van der Waals surface area contributed by atoms with E-state index >= 15 is 0 Å². The Morgan fingerprint density at radius 3 is 2.59 bits per heavy atom. The Labute approximate surface area is 169 Å². The molecule has 1 N–H and O–H groups in total. The molecule has 0 spiro atoms. The number of nitrogens with zero attached hydrogens (tertiary/aromatic N) is 2. The molecule has 2 rings (SSSR count). The van der Waals surface area contributed by atoms with E-state index in [1.54, 1.807) is 30.3 Å². The molecule has 1 aromatic carbocycles. The Kier molecular flexibility index (Phi) is 7.46. The fourth-order valence-corrected chi connectivity index (χ4v) is 3.29. The molecule has 10 heteroatoms. The van der Waals surface area contributed by atoms with Crippen LogP contribution < -0.4 is 10.4 Å². The Hall–Kier alpha value is -2.29. The summed E-state index contributed by atoms with van der Waals surface area (Å²) >= 11 is 13.1. The first-order chi connectivity index (χ1) is 12.8. The number of aliphatic carboxylic acids is 1. The highest BCUT2D eigenvalue weighted by Gasteiger charge is 2.20. The van der Waals surface area contributed by atoms with Gasteiger partial charge in [-0.2, -0.15) is 5.11 Å². The third-order valence-electron chi connectivity index (χ3n) is 3.35. The van der Waals surface area contributed by atoms with Gasteiger partial charge < -0.3 is 15.2 Å². The molecular weight excluding hydrogens is 413 g/mol. The number of carboxylic acid groups (broad SMARTS) is 1. The topological polar surface area (TPSA) is 111 Å². The molecule has 2 aromatic rings. The highest BCUT2D eigenvalue weighted by atomic mass is 35.5. The Morgan fingerprint density at radius 2 is 1.96 bits per heavy atom. The van der Waals surface area contributed by atoms with Crippen LogP contribution in [0, 0.1) is 0 Å². The lowest BCUT2D eigenvalue weighted by Gasteiger charge is -2.06. The van der Waals surface area contributed by atoms with Crippen LogP contribution in [0.1, 0.15) is 27.7 Å². The van der Waals surface area contributed by atoms with Crippen molar-refractivity contribution in [2.24, 2.45) is 10.2 Å². The second-order valence-electron chi connectivity index (χ2n) is 5.24. The number of amides is 1. The van der Waals surface area contributed by atoms with Crippen molar-refractivity contribution >= 4 is 57.2 Å². The summed E-state index contributed by atoms with van der Waals surface area (Å²) in [5.41, 5.74) is -0.822. The maximum absolute atomic E-state index is 12.8. The number of aryl methyl sites for hydroxylation is 1. The zero-order valence-electron chi connectivity index (χ0n) is 14.1. The first-order valence-corrected chi connectivity index (χ1v) is 9.41. The molecule has 7 nitrogen and oxygen atoms in total. The molecule has 0 aliphatic heterocycles. The van der Waals surface area contributed by atoms with E-state index in [1.807, 2.05) is 12.2 Å². The molecule has 1 heterocycles. The van der Waals surface area contributed by atoms with Crippen LogP contribution in [0.5, 0.6) is 0 Å². The quantitative estimate of drug-likeness (QED) is 0.302. The third-order valence-corrected chi connectivity index (χ3v) is 5.13. The van der Waals surface area contributed by atoms with Gasteiger partial charge in [0.1, 0.15) is 5.00 Å². The Morgan fingerprint density at radius 1 is 1.26 bits per heavy atom. The SMILES string of the molecule is CCc1cc(C(=O)c2ccccc2Cl)c(/N=N/C(Cl)C(=O)NCC(=O)[O-])s1. The van der Waals surface area contributed by atoms with Gasteiger partial charge in [0.05, 0.1) is 23.1 Å². The lowest BCUT2D eigenvalue weighted by Crippen LogP contribution is -2.40. The number of ketones is 1. The number of nitrogens with one attached hydrogen (secondary N) is 1. The van der Waals surface area contributed by atoms with Crippen LogP contribution in [0.15, 0.2) is 40.6 Å². The summed E-state index contributed by atoms with van der Waals surface area (Å²) < 4.78 is 0. The largest absolute Gasteiger partial charge is 0.548 e. The average molecular weight is 427 g/mol. The smallest absolute Gasteiger partial charge is 0.262 e. The standard InChI is InChI=1S/C17H15Cl2N3O4S/c1-2-9-7-11(14(25)10-5-3-4-6-12(10)18)17(27-9)22-21-15(19)16(26)20-8-13(23)24/h3-7,15H,2,8H2,1H3,(H,20,26)(H,23,24)/p-1/b22-21+.